The Bertz CT molecular complexity index is 892. The molecule has 27 heavy (non-hydrogen) atoms. The minimum Gasteiger partial charge on any atom is -0.367 e. The van der Waals surface area contributed by atoms with Crippen molar-refractivity contribution in [3.8, 4) is 0 Å². The van der Waals surface area contributed by atoms with Crippen LogP contribution in [0, 0.1) is 6.92 Å². The van der Waals surface area contributed by atoms with Crippen LogP contribution in [0.25, 0.3) is 11.0 Å². The fraction of sp³-hybridized carbons (Fsp3) is 0.600. The Labute approximate surface area is 163 Å². The lowest BCUT2D eigenvalue weighted by molar-refractivity contribution is -0.140. The summed E-state index contributed by atoms with van der Waals surface area (Å²) in [5.41, 5.74) is 3.33. The fourth-order valence-electron chi connectivity index (χ4n) is 4.57. The van der Waals surface area contributed by atoms with Gasteiger partial charge in [0.05, 0.1) is 11.6 Å². The van der Waals surface area contributed by atoms with Crippen LogP contribution in [0.15, 0.2) is 12.3 Å². The highest BCUT2D eigenvalue weighted by Gasteiger charge is 2.38. The molecule has 2 aromatic heterocycles. The number of ether oxygens (including phenoxy) is 1. The Morgan fingerprint density at radius 2 is 2.19 bits per heavy atom. The van der Waals surface area contributed by atoms with Crippen molar-refractivity contribution in [2.45, 2.75) is 57.3 Å². The molecule has 2 aromatic rings. The normalized spacial score (nSPS) is 27.9. The maximum atomic E-state index is 12.9. The largest absolute Gasteiger partial charge is 0.367 e. The van der Waals surface area contributed by atoms with E-state index in [1.807, 2.05) is 11.8 Å². The number of aryl methyl sites for hydroxylation is 2. The standard InChI is InChI=1S/C20H25ClN4O2/c1-12-16-9-15-8-14(3-6-24(15)19(16)23-10-17(12)21)25-7-4-18(20(25)26)27-11-13-2-5-22-13/h9-10,13-14,18,22H,2-8,11H2,1H3. The molecule has 3 aliphatic heterocycles. The van der Waals surface area contributed by atoms with Crippen molar-refractivity contribution < 1.29 is 9.53 Å². The summed E-state index contributed by atoms with van der Waals surface area (Å²) in [7, 11) is 0. The summed E-state index contributed by atoms with van der Waals surface area (Å²) in [6.45, 7) is 5.44. The Kier molecular flexibility index (Phi) is 4.37. The molecule has 1 N–H and O–H groups in total. The monoisotopic (exact) mass is 388 g/mol. The van der Waals surface area contributed by atoms with Gasteiger partial charge in [-0.25, -0.2) is 4.98 Å². The third kappa shape index (κ3) is 2.94. The van der Waals surface area contributed by atoms with E-state index in [1.165, 1.54) is 5.69 Å². The van der Waals surface area contributed by atoms with Gasteiger partial charge in [-0.05, 0) is 37.9 Å². The number of likely N-dealkylation sites (tertiary alicyclic amines) is 1. The molecule has 3 unspecified atom stereocenters. The summed E-state index contributed by atoms with van der Waals surface area (Å²) in [4.78, 5) is 19.4. The lowest BCUT2D eigenvalue weighted by Gasteiger charge is -2.32. The molecule has 3 aliphatic rings. The molecule has 0 saturated carbocycles. The Morgan fingerprint density at radius 3 is 2.96 bits per heavy atom. The number of nitrogens with one attached hydrogen (secondary N) is 1. The zero-order chi connectivity index (χ0) is 18.5. The Hall–Kier alpha value is -1.63. The maximum absolute atomic E-state index is 12.9. The van der Waals surface area contributed by atoms with Crippen molar-refractivity contribution in [3.05, 3.63) is 28.5 Å². The van der Waals surface area contributed by atoms with E-state index in [2.05, 4.69) is 20.9 Å². The summed E-state index contributed by atoms with van der Waals surface area (Å²) < 4.78 is 8.19. The van der Waals surface area contributed by atoms with Crippen LogP contribution in [-0.2, 0) is 22.5 Å². The van der Waals surface area contributed by atoms with Gasteiger partial charge in [-0.15, -0.1) is 0 Å². The molecule has 5 heterocycles. The third-order valence-corrected chi connectivity index (χ3v) is 6.78. The number of nitrogens with zero attached hydrogens (tertiary/aromatic N) is 3. The van der Waals surface area contributed by atoms with E-state index in [1.54, 1.807) is 6.20 Å². The van der Waals surface area contributed by atoms with Crippen LogP contribution in [0.1, 0.15) is 30.5 Å². The molecule has 0 aliphatic carbocycles. The molecule has 2 saturated heterocycles. The number of fused-ring (bicyclic) bond motifs is 3. The minimum absolute atomic E-state index is 0.168. The lowest BCUT2D eigenvalue weighted by Crippen LogP contribution is -2.47. The summed E-state index contributed by atoms with van der Waals surface area (Å²) in [5, 5.41) is 5.15. The smallest absolute Gasteiger partial charge is 0.252 e. The van der Waals surface area contributed by atoms with E-state index in [0.29, 0.717) is 17.7 Å². The molecule has 3 atom stereocenters. The van der Waals surface area contributed by atoms with Crippen LogP contribution in [0.4, 0.5) is 0 Å². The van der Waals surface area contributed by atoms with E-state index in [0.717, 1.165) is 61.9 Å². The summed E-state index contributed by atoms with van der Waals surface area (Å²) >= 11 is 6.24. The third-order valence-electron chi connectivity index (χ3n) is 6.40. The fourth-order valence-corrected chi connectivity index (χ4v) is 4.72. The van der Waals surface area contributed by atoms with Gasteiger partial charge < -0.3 is 19.5 Å². The average Bonchev–Trinajstić information content (AvgIpc) is 3.17. The van der Waals surface area contributed by atoms with Crippen LogP contribution in [0.2, 0.25) is 5.02 Å². The first-order valence-electron chi connectivity index (χ1n) is 9.90. The predicted octanol–water partition coefficient (Wildman–Crippen LogP) is 2.29. The predicted molar refractivity (Wildman–Crippen MR) is 104 cm³/mol. The SMILES string of the molecule is Cc1c(Cl)cnc2c1cc1n2CCC(N2CCC(OCC3CCN3)C2=O)C1. The van der Waals surface area contributed by atoms with Gasteiger partial charge in [0.1, 0.15) is 11.8 Å². The van der Waals surface area contributed by atoms with Crippen LogP contribution >= 0.6 is 11.6 Å². The number of amides is 1. The molecular weight excluding hydrogens is 364 g/mol. The van der Waals surface area contributed by atoms with Gasteiger partial charge in [0.2, 0.25) is 0 Å². The quantitative estimate of drug-likeness (QED) is 0.873. The molecule has 7 heteroatoms. The van der Waals surface area contributed by atoms with E-state index < -0.39 is 0 Å². The second-order valence-corrected chi connectivity index (χ2v) is 8.39. The van der Waals surface area contributed by atoms with Crippen molar-refractivity contribution in [2.24, 2.45) is 0 Å². The molecule has 5 rings (SSSR count). The second-order valence-electron chi connectivity index (χ2n) is 7.98. The van der Waals surface area contributed by atoms with Crippen LogP contribution in [-0.4, -0.2) is 58.2 Å². The highest BCUT2D eigenvalue weighted by Crippen LogP contribution is 2.32. The van der Waals surface area contributed by atoms with E-state index >= 15 is 0 Å². The molecule has 1 amide bonds. The zero-order valence-electron chi connectivity index (χ0n) is 15.6. The van der Waals surface area contributed by atoms with Crippen molar-refractivity contribution in [1.29, 1.82) is 0 Å². The average molecular weight is 389 g/mol. The van der Waals surface area contributed by atoms with Gasteiger partial charge in [0.25, 0.3) is 5.91 Å². The molecule has 0 aromatic carbocycles. The molecule has 0 bridgehead atoms. The molecule has 0 spiro atoms. The molecule has 6 nitrogen and oxygen atoms in total. The van der Waals surface area contributed by atoms with Crippen molar-refractivity contribution >= 4 is 28.5 Å². The molecule has 0 radical (unpaired) electrons. The second kappa shape index (κ2) is 6.76. The van der Waals surface area contributed by atoms with Crippen LogP contribution < -0.4 is 5.32 Å². The van der Waals surface area contributed by atoms with Gasteiger partial charge in [-0.3, -0.25) is 4.79 Å². The van der Waals surface area contributed by atoms with Gasteiger partial charge in [0.15, 0.2) is 0 Å². The zero-order valence-corrected chi connectivity index (χ0v) is 16.3. The van der Waals surface area contributed by atoms with Gasteiger partial charge in [-0.1, -0.05) is 11.6 Å². The van der Waals surface area contributed by atoms with Crippen molar-refractivity contribution in [3.63, 3.8) is 0 Å². The highest BCUT2D eigenvalue weighted by atomic mass is 35.5. The number of carbonyl (C=O) groups excluding carboxylic acids is 1. The number of halogens is 1. The van der Waals surface area contributed by atoms with E-state index in [9.17, 15) is 4.79 Å². The number of hydrogen-bond donors (Lipinski definition) is 1. The molecule has 2 fully saturated rings. The van der Waals surface area contributed by atoms with Crippen molar-refractivity contribution in [2.75, 3.05) is 19.7 Å². The van der Waals surface area contributed by atoms with E-state index in [4.69, 9.17) is 16.3 Å². The maximum Gasteiger partial charge on any atom is 0.252 e. The first-order chi connectivity index (χ1) is 13.1. The summed E-state index contributed by atoms with van der Waals surface area (Å²) in [6.07, 6.45) is 5.26. The summed E-state index contributed by atoms with van der Waals surface area (Å²) in [5.74, 6) is 0.168. The van der Waals surface area contributed by atoms with Gasteiger partial charge in [0, 0.05) is 55.3 Å². The summed E-state index contributed by atoms with van der Waals surface area (Å²) in [6, 6.07) is 2.88. The Balaban J connectivity index is 1.30. The highest BCUT2D eigenvalue weighted by molar-refractivity contribution is 6.32. The number of aromatic nitrogens is 2. The number of carbonyl (C=O) groups is 1. The molecule has 144 valence electrons. The Morgan fingerprint density at radius 1 is 1.33 bits per heavy atom. The number of rotatable bonds is 4. The minimum atomic E-state index is -0.261. The van der Waals surface area contributed by atoms with Gasteiger partial charge in [-0.2, -0.15) is 0 Å². The van der Waals surface area contributed by atoms with Crippen LogP contribution in [0.5, 0.6) is 0 Å². The van der Waals surface area contributed by atoms with Gasteiger partial charge >= 0.3 is 0 Å². The van der Waals surface area contributed by atoms with Crippen molar-refractivity contribution in [1.82, 2.24) is 19.8 Å². The lowest BCUT2D eigenvalue weighted by atomic mass is 10.0. The first kappa shape index (κ1) is 17.5. The number of hydrogen-bond acceptors (Lipinski definition) is 4. The van der Waals surface area contributed by atoms with Crippen LogP contribution in [0.3, 0.4) is 0 Å². The number of pyridine rings is 1. The topological polar surface area (TPSA) is 59.4 Å². The first-order valence-corrected chi connectivity index (χ1v) is 10.3. The molecular formula is C20H25ClN4O2. The van der Waals surface area contributed by atoms with E-state index in [-0.39, 0.29) is 18.1 Å².